The summed E-state index contributed by atoms with van der Waals surface area (Å²) >= 11 is 0. The van der Waals surface area contributed by atoms with Crippen molar-refractivity contribution >= 4 is 39.3 Å². The molecule has 8 nitrogen and oxygen atoms in total. The first-order chi connectivity index (χ1) is 20.1. The van der Waals surface area contributed by atoms with Crippen LogP contribution in [-0.4, -0.2) is 34.9 Å². The average molecular weight is 544 g/mol. The van der Waals surface area contributed by atoms with Gasteiger partial charge < -0.3 is 20.1 Å². The van der Waals surface area contributed by atoms with Crippen molar-refractivity contribution in [1.82, 2.24) is 14.8 Å². The second-order valence-corrected chi connectivity index (χ2v) is 9.53. The van der Waals surface area contributed by atoms with Crippen LogP contribution in [0.3, 0.4) is 0 Å². The monoisotopic (exact) mass is 543 g/mol. The Morgan fingerprint density at radius 2 is 1.29 bits per heavy atom. The zero-order valence-electron chi connectivity index (χ0n) is 22.8. The molecular formula is C33H29N5O3. The summed E-state index contributed by atoms with van der Waals surface area (Å²) in [7, 11) is 3.09. The highest BCUT2D eigenvalue weighted by atomic mass is 16.5. The highest BCUT2D eigenvalue weighted by Crippen LogP contribution is 2.29. The van der Waals surface area contributed by atoms with E-state index in [2.05, 4.69) is 69.2 Å². The Balaban J connectivity index is 1.32. The number of rotatable bonds is 9. The Kier molecular flexibility index (Phi) is 7.19. The average Bonchev–Trinajstić information content (AvgIpc) is 3.44. The highest BCUT2D eigenvalue weighted by Gasteiger charge is 2.20. The molecule has 0 aliphatic carbocycles. The molecule has 0 radical (unpaired) electrons. The van der Waals surface area contributed by atoms with Crippen molar-refractivity contribution in [1.29, 1.82) is 0 Å². The number of hydrogen-bond acceptors (Lipinski definition) is 7. The summed E-state index contributed by atoms with van der Waals surface area (Å²) in [6.45, 7) is 0.959. The lowest BCUT2D eigenvalue weighted by atomic mass is 10.0. The van der Waals surface area contributed by atoms with Crippen molar-refractivity contribution in [3.8, 4) is 11.5 Å². The molecule has 0 fully saturated rings. The van der Waals surface area contributed by atoms with Gasteiger partial charge in [0.25, 0.3) is 5.91 Å². The molecule has 0 aliphatic rings. The number of nitrogens with one attached hydrogen (secondary N) is 2. The third-order valence-corrected chi connectivity index (χ3v) is 7.06. The van der Waals surface area contributed by atoms with Crippen molar-refractivity contribution in [2.24, 2.45) is 0 Å². The van der Waals surface area contributed by atoms with E-state index in [4.69, 9.17) is 9.47 Å². The largest absolute Gasteiger partial charge is 0.493 e. The predicted octanol–water partition coefficient (Wildman–Crippen LogP) is 6.51. The van der Waals surface area contributed by atoms with E-state index in [0.717, 1.165) is 32.7 Å². The molecule has 1 aromatic heterocycles. The minimum atomic E-state index is -0.350. The molecule has 1 heterocycles. The fourth-order valence-electron chi connectivity index (χ4n) is 4.98. The first-order valence-corrected chi connectivity index (χ1v) is 13.3. The summed E-state index contributed by atoms with van der Waals surface area (Å²) in [4.78, 5) is 18.4. The molecule has 6 rings (SSSR count). The maximum absolute atomic E-state index is 13.7. The van der Waals surface area contributed by atoms with Crippen LogP contribution < -0.4 is 20.1 Å². The van der Waals surface area contributed by atoms with Crippen LogP contribution >= 0.6 is 0 Å². The zero-order chi connectivity index (χ0) is 28.2. The summed E-state index contributed by atoms with van der Waals surface area (Å²) in [6, 6.07) is 33.8. The first-order valence-electron chi connectivity index (χ1n) is 13.3. The van der Waals surface area contributed by atoms with Crippen LogP contribution in [0.5, 0.6) is 11.5 Å². The Labute approximate surface area is 237 Å². The topological polar surface area (TPSA) is 90.3 Å². The summed E-state index contributed by atoms with van der Waals surface area (Å²) in [5.41, 5.74) is 2.58. The van der Waals surface area contributed by atoms with Gasteiger partial charge in [0.1, 0.15) is 0 Å². The molecule has 0 atom stereocenters. The molecule has 8 heteroatoms. The second-order valence-electron chi connectivity index (χ2n) is 9.53. The maximum Gasteiger partial charge on any atom is 0.281 e. The van der Waals surface area contributed by atoms with E-state index in [1.165, 1.54) is 11.8 Å². The number of aromatic nitrogens is 3. The van der Waals surface area contributed by atoms with E-state index in [1.54, 1.807) is 25.3 Å². The van der Waals surface area contributed by atoms with Crippen LogP contribution in [-0.2, 0) is 13.1 Å². The molecule has 0 aliphatic heterocycles. The van der Waals surface area contributed by atoms with E-state index < -0.39 is 0 Å². The molecule has 0 saturated heterocycles. The van der Waals surface area contributed by atoms with Gasteiger partial charge in [-0.2, -0.15) is 9.67 Å². The summed E-state index contributed by atoms with van der Waals surface area (Å²) in [6.07, 6.45) is 0. The van der Waals surface area contributed by atoms with Crippen LogP contribution in [0, 0.1) is 0 Å². The first kappa shape index (κ1) is 25.9. The molecule has 204 valence electrons. The second kappa shape index (κ2) is 11.4. The molecule has 0 unspecified atom stereocenters. The lowest BCUT2D eigenvalue weighted by Gasteiger charge is -2.11. The lowest BCUT2D eigenvalue weighted by Crippen LogP contribution is -2.18. The molecule has 2 N–H and O–H groups in total. The van der Waals surface area contributed by atoms with E-state index >= 15 is 0 Å². The van der Waals surface area contributed by atoms with Gasteiger partial charge in [-0.15, -0.1) is 5.10 Å². The molecule has 0 amide bonds. The number of benzene rings is 5. The van der Waals surface area contributed by atoms with Gasteiger partial charge in [0.2, 0.25) is 11.9 Å². The standard InChI is InChI=1S/C33H29N5O3/c1-40-29-18-17-24(19-30(29)41-2)31(39)38-33(35-21-26-14-8-12-23-10-4-6-16-28(23)26)36-32(37-38)34-20-25-13-7-11-22-9-3-5-15-27(22)25/h3-19H,20-21H2,1-2H3,(H2,34,35,36,37). The van der Waals surface area contributed by atoms with Crippen molar-refractivity contribution in [2.75, 3.05) is 24.9 Å². The molecule has 6 aromatic rings. The zero-order valence-corrected chi connectivity index (χ0v) is 22.8. The molecule has 0 saturated carbocycles. The predicted molar refractivity (Wildman–Crippen MR) is 162 cm³/mol. The van der Waals surface area contributed by atoms with Gasteiger partial charge in [-0.1, -0.05) is 84.9 Å². The Morgan fingerprint density at radius 1 is 0.707 bits per heavy atom. The van der Waals surface area contributed by atoms with Crippen molar-refractivity contribution < 1.29 is 14.3 Å². The number of fused-ring (bicyclic) bond motifs is 2. The van der Waals surface area contributed by atoms with Crippen molar-refractivity contribution in [3.05, 3.63) is 120 Å². The van der Waals surface area contributed by atoms with Gasteiger partial charge in [0, 0.05) is 18.7 Å². The molecular weight excluding hydrogens is 514 g/mol. The van der Waals surface area contributed by atoms with Crippen LogP contribution in [0.1, 0.15) is 21.5 Å². The van der Waals surface area contributed by atoms with Gasteiger partial charge in [0.15, 0.2) is 11.5 Å². The minimum absolute atomic E-state index is 0.332. The fourth-order valence-corrected chi connectivity index (χ4v) is 4.98. The Bertz CT molecular complexity index is 1850. The van der Waals surface area contributed by atoms with E-state index in [-0.39, 0.29) is 5.91 Å². The Morgan fingerprint density at radius 3 is 1.93 bits per heavy atom. The maximum atomic E-state index is 13.7. The van der Waals surface area contributed by atoms with Gasteiger partial charge in [-0.25, -0.2) is 0 Å². The summed E-state index contributed by atoms with van der Waals surface area (Å²) in [5.74, 6) is 1.31. The quantitative estimate of drug-likeness (QED) is 0.215. The number of hydrogen-bond donors (Lipinski definition) is 2. The van der Waals surface area contributed by atoms with E-state index in [1.807, 2.05) is 36.4 Å². The normalized spacial score (nSPS) is 11.0. The number of carbonyl (C=O) groups excluding carboxylic acids is 1. The number of carbonyl (C=O) groups is 1. The number of methoxy groups -OCH3 is 2. The molecule has 0 spiro atoms. The summed E-state index contributed by atoms with van der Waals surface area (Å²) < 4.78 is 12.0. The van der Waals surface area contributed by atoms with Gasteiger partial charge in [-0.3, -0.25) is 4.79 Å². The minimum Gasteiger partial charge on any atom is -0.493 e. The number of ether oxygens (including phenoxy) is 2. The van der Waals surface area contributed by atoms with Gasteiger partial charge >= 0.3 is 0 Å². The fraction of sp³-hybridized carbons (Fsp3) is 0.121. The van der Waals surface area contributed by atoms with Crippen LogP contribution in [0.2, 0.25) is 0 Å². The van der Waals surface area contributed by atoms with Crippen LogP contribution in [0.15, 0.2) is 103 Å². The molecule has 0 bridgehead atoms. The number of nitrogens with zero attached hydrogens (tertiary/aromatic N) is 3. The SMILES string of the molecule is COc1ccc(C(=O)n2nc(NCc3cccc4ccccc34)nc2NCc2cccc3ccccc23)cc1OC. The van der Waals surface area contributed by atoms with Crippen molar-refractivity contribution in [2.45, 2.75) is 13.1 Å². The van der Waals surface area contributed by atoms with E-state index in [9.17, 15) is 4.79 Å². The highest BCUT2D eigenvalue weighted by molar-refractivity contribution is 5.97. The van der Waals surface area contributed by atoms with Gasteiger partial charge in [0.05, 0.1) is 14.2 Å². The van der Waals surface area contributed by atoms with Crippen LogP contribution in [0.4, 0.5) is 11.9 Å². The molecule has 41 heavy (non-hydrogen) atoms. The number of anilines is 2. The van der Waals surface area contributed by atoms with Crippen molar-refractivity contribution in [3.63, 3.8) is 0 Å². The summed E-state index contributed by atoms with van der Waals surface area (Å²) in [5, 5.41) is 15.8. The third kappa shape index (κ3) is 5.27. The van der Waals surface area contributed by atoms with Crippen LogP contribution in [0.25, 0.3) is 21.5 Å². The lowest BCUT2D eigenvalue weighted by molar-refractivity contribution is 0.0947. The smallest absolute Gasteiger partial charge is 0.281 e. The molecule has 5 aromatic carbocycles. The third-order valence-electron chi connectivity index (χ3n) is 7.06. The van der Waals surface area contributed by atoms with E-state index in [0.29, 0.717) is 42.0 Å². The van der Waals surface area contributed by atoms with Gasteiger partial charge in [-0.05, 0) is 50.9 Å². The Hall–Kier alpha value is -5.37.